The Kier molecular flexibility index (Phi) is 4.32. The van der Waals surface area contributed by atoms with Crippen molar-refractivity contribution in [2.24, 2.45) is 7.05 Å². The summed E-state index contributed by atoms with van der Waals surface area (Å²) in [6.45, 7) is 0. The van der Waals surface area contributed by atoms with Gasteiger partial charge in [0.2, 0.25) is 0 Å². The number of aryl methyl sites for hydroxylation is 1. The molecule has 0 aliphatic rings. The number of hydrogen-bond acceptors (Lipinski definition) is 2. The molecule has 0 saturated heterocycles. The minimum atomic E-state index is -4.70. The molecule has 0 bridgehead atoms. The highest BCUT2D eigenvalue weighted by Crippen LogP contribution is 2.33. The molecule has 0 aliphatic heterocycles. The number of nitrogens with one attached hydrogen (secondary N) is 1. The van der Waals surface area contributed by atoms with Gasteiger partial charge in [-0.2, -0.15) is 18.3 Å². The molecule has 1 N–H and O–H groups in total. The fourth-order valence-electron chi connectivity index (χ4n) is 2.18. The second-order valence-corrected chi connectivity index (χ2v) is 4.80. The molecule has 0 amide bonds. The summed E-state index contributed by atoms with van der Waals surface area (Å²) in [6.07, 6.45) is -0.795. The number of rotatable bonds is 4. The fourth-order valence-corrected chi connectivity index (χ4v) is 2.18. The van der Waals surface area contributed by atoms with Crippen LogP contribution in [0.5, 0.6) is 0 Å². The summed E-state index contributed by atoms with van der Waals surface area (Å²) in [7, 11) is 3.41. The van der Waals surface area contributed by atoms with Gasteiger partial charge in [0, 0.05) is 19.3 Å². The highest BCUT2D eigenvalue weighted by Gasteiger charge is 2.34. The van der Waals surface area contributed by atoms with Crippen LogP contribution in [0.1, 0.15) is 22.7 Å². The third-order valence-corrected chi connectivity index (χ3v) is 3.24. The first-order chi connectivity index (χ1) is 9.81. The molecule has 1 aromatic carbocycles. The summed E-state index contributed by atoms with van der Waals surface area (Å²) < 4.78 is 53.2. The van der Waals surface area contributed by atoms with Crippen LogP contribution < -0.4 is 5.32 Å². The van der Waals surface area contributed by atoms with Crippen molar-refractivity contribution in [1.82, 2.24) is 15.1 Å². The summed E-state index contributed by atoms with van der Waals surface area (Å²) in [6, 6.07) is 2.72. The Bertz CT molecular complexity index is 619. The van der Waals surface area contributed by atoms with Crippen LogP contribution in [0.3, 0.4) is 0 Å². The summed E-state index contributed by atoms with van der Waals surface area (Å²) in [5.74, 6) is -1.26. The van der Waals surface area contributed by atoms with Gasteiger partial charge < -0.3 is 5.32 Å². The zero-order valence-corrected chi connectivity index (χ0v) is 11.6. The minimum absolute atomic E-state index is 0.351. The number of halogens is 4. The van der Waals surface area contributed by atoms with Gasteiger partial charge in [-0.25, -0.2) is 4.39 Å². The van der Waals surface area contributed by atoms with Crippen LogP contribution in [0.2, 0.25) is 0 Å². The first-order valence-corrected chi connectivity index (χ1v) is 6.32. The Morgan fingerprint density at radius 2 is 2.05 bits per heavy atom. The van der Waals surface area contributed by atoms with E-state index < -0.39 is 17.6 Å². The molecule has 0 radical (unpaired) electrons. The molecular formula is C14H15F4N3. The van der Waals surface area contributed by atoms with E-state index in [0.717, 1.165) is 17.7 Å². The standard InChI is InChI=1S/C14H15F4N3/c1-19-13(5-9-7-20-21(2)8-9)10-3-4-12(15)11(6-10)14(16,17)18/h3-4,6-8,13,19H,5H2,1-2H3. The fraction of sp³-hybridized carbons (Fsp3) is 0.357. The smallest absolute Gasteiger partial charge is 0.313 e. The number of nitrogens with zero attached hydrogens (tertiary/aromatic N) is 2. The van der Waals surface area contributed by atoms with Crippen molar-refractivity contribution < 1.29 is 17.6 Å². The van der Waals surface area contributed by atoms with Gasteiger partial charge in [0.25, 0.3) is 0 Å². The van der Waals surface area contributed by atoms with Gasteiger partial charge >= 0.3 is 6.18 Å². The number of alkyl halides is 3. The number of hydrogen-bond donors (Lipinski definition) is 1. The second-order valence-electron chi connectivity index (χ2n) is 4.80. The van der Waals surface area contributed by atoms with Crippen LogP contribution in [0, 0.1) is 5.82 Å². The molecular weight excluding hydrogens is 286 g/mol. The van der Waals surface area contributed by atoms with E-state index in [1.54, 1.807) is 31.2 Å². The van der Waals surface area contributed by atoms with Crippen molar-refractivity contribution in [2.45, 2.75) is 18.6 Å². The van der Waals surface area contributed by atoms with Crippen LogP contribution in [0.15, 0.2) is 30.6 Å². The van der Waals surface area contributed by atoms with Crippen LogP contribution >= 0.6 is 0 Å². The van der Waals surface area contributed by atoms with Gasteiger partial charge in [0.1, 0.15) is 5.82 Å². The molecule has 2 aromatic rings. The number of benzene rings is 1. The third kappa shape index (κ3) is 3.60. The Morgan fingerprint density at radius 3 is 2.57 bits per heavy atom. The molecule has 0 aliphatic carbocycles. The van der Waals surface area contributed by atoms with E-state index in [1.807, 2.05) is 0 Å². The molecule has 21 heavy (non-hydrogen) atoms. The summed E-state index contributed by atoms with van der Waals surface area (Å²) >= 11 is 0. The second kappa shape index (κ2) is 5.85. The number of likely N-dealkylation sites (N-methyl/N-ethyl adjacent to an activating group) is 1. The normalized spacial score (nSPS) is 13.4. The van der Waals surface area contributed by atoms with Crippen LogP contribution in [-0.2, 0) is 19.6 Å². The van der Waals surface area contributed by atoms with E-state index in [0.29, 0.717) is 12.0 Å². The largest absolute Gasteiger partial charge is 0.419 e. The molecule has 7 heteroatoms. The quantitative estimate of drug-likeness (QED) is 0.880. The Labute approximate surface area is 119 Å². The predicted octanol–water partition coefficient (Wildman–Crippen LogP) is 3.08. The van der Waals surface area contributed by atoms with Crippen LogP contribution in [0.4, 0.5) is 17.6 Å². The molecule has 1 heterocycles. The molecule has 114 valence electrons. The van der Waals surface area contributed by atoms with Gasteiger partial charge in [0.15, 0.2) is 0 Å². The molecule has 3 nitrogen and oxygen atoms in total. The molecule has 0 saturated carbocycles. The maximum absolute atomic E-state index is 13.3. The number of aromatic nitrogens is 2. The molecule has 0 fully saturated rings. The van der Waals surface area contributed by atoms with E-state index in [1.165, 1.54) is 6.07 Å². The summed E-state index contributed by atoms with van der Waals surface area (Å²) in [4.78, 5) is 0. The van der Waals surface area contributed by atoms with Gasteiger partial charge in [-0.1, -0.05) is 6.07 Å². The molecule has 1 aromatic heterocycles. The van der Waals surface area contributed by atoms with Crippen molar-refractivity contribution in [3.05, 3.63) is 53.1 Å². The lowest BCUT2D eigenvalue weighted by molar-refractivity contribution is -0.140. The van der Waals surface area contributed by atoms with Crippen molar-refractivity contribution >= 4 is 0 Å². The van der Waals surface area contributed by atoms with Gasteiger partial charge in [-0.15, -0.1) is 0 Å². The SMILES string of the molecule is CNC(Cc1cnn(C)c1)c1ccc(F)c(C(F)(F)F)c1. The lowest BCUT2D eigenvalue weighted by Gasteiger charge is -2.18. The van der Waals surface area contributed by atoms with Gasteiger partial charge in [0.05, 0.1) is 11.8 Å². The van der Waals surface area contributed by atoms with Crippen LogP contribution in [-0.4, -0.2) is 16.8 Å². The zero-order valence-electron chi connectivity index (χ0n) is 11.6. The average molecular weight is 301 g/mol. The summed E-state index contributed by atoms with van der Waals surface area (Å²) in [5.41, 5.74) is 0.0243. The third-order valence-electron chi connectivity index (χ3n) is 3.24. The lowest BCUT2D eigenvalue weighted by atomic mass is 9.98. The first kappa shape index (κ1) is 15.5. The van der Waals surface area contributed by atoms with Gasteiger partial charge in [-0.05, 0) is 36.7 Å². The molecule has 1 unspecified atom stereocenters. The predicted molar refractivity (Wildman–Crippen MR) is 70.1 cm³/mol. The highest BCUT2D eigenvalue weighted by atomic mass is 19.4. The zero-order chi connectivity index (χ0) is 15.6. The maximum Gasteiger partial charge on any atom is 0.419 e. The monoisotopic (exact) mass is 301 g/mol. The van der Waals surface area contributed by atoms with E-state index in [4.69, 9.17) is 0 Å². The van der Waals surface area contributed by atoms with E-state index >= 15 is 0 Å². The Hall–Kier alpha value is -1.89. The lowest BCUT2D eigenvalue weighted by Crippen LogP contribution is -2.20. The minimum Gasteiger partial charge on any atom is -0.313 e. The van der Waals surface area contributed by atoms with E-state index in [2.05, 4.69) is 10.4 Å². The molecule has 2 rings (SSSR count). The molecule has 0 spiro atoms. The van der Waals surface area contributed by atoms with Crippen molar-refractivity contribution in [3.63, 3.8) is 0 Å². The van der Waals surface area contributed by atoms with Gasteiger partial charge in [-0.3, -0.25) is 4.68 Å². The Morgan fingerprint density at radius 1 is 1.33 bits per heavy atom. The Balaban J connectivity index is 2.30. The topological polar surface area (TPSA) is 29.9 Å². The highest BCUT2D eigenvalue weighted by molar-refractivity contribution is 5.30. The maximum atomic E-state index is 13.3. The van der Waals surface area contributed by atoms with E-state index in [9.17, 15) is 17.6 Å². The van der Waals surface area contributed by atoms with Crippen molar-refractivity contribution in [2.75, 3.05) is 7.05 Å². The van der Waals surface area contributed by atoms with Crippen LogP contribution in [0.25, 0.3) is 0 Å². The first-order valence-electron chi connectivity index (χ1n) is 6.32. The average Bonchev–Trinajstić information content (AvgIpc) is 2.81. The van der Waals surface area contributed by atoms with Crippen molar-refractivity contribution in [3.8, 4) is 0 Å². The summed E-state index contributed by atoms with van der Waals surface area (Å²) in [5, 5.41) is 6.96. The molecule has 1 atom stereocenters. The van der Waals surface area contributed by atoms with E-state index in [-0.39, 0.29) is 6.04 Å². The van der Waals surface area contributed by atoms with Crippen molar-refractivity contribution in [1.29, 1.82) is 0 Å².